The molecule has 8 nitrogen and oxygen atoms in total. The van der Waals surface area contributed by atoms with Gasteiger partial charge in [0.2, 0.25) is 0 Å². The Kier molecular flexibility index (Phi) is 5.72. The standard InChI is InChI=1S/C21H34O8/c1-9-4-5-11-10(2)19(26)29-18(11)21(3)12(9)6-7-14(21)28-20-17(25)16(24)15(23)13(8-22)27-20/h9-18,20,22-25H,4-8H2,1-3H3/t9-,10?,11-,12?,13-,14+,15-,16+,17-,18+,20+,21-/m1/s1. The number of esters is 1. The zero-order valence-corrected chi connectivity index (χ0v) is 17.3. The fourth-order valence-electron chi connectivity index (χ4n) is 6.44. The lowest BCUT2D eigenvalue weighted by molar-refractivity contribution is -0.321. The van der Waals surface area contributed by atoms with E-state index in [2.05, 4.69) is 13.8 Å². The highest BCUT2D eigenvalue weighted by Gasteiger charge is 2.63. The van der Waals surface area contributed by atoms with E-state index in [4.69, 9.17) is 14.2 Å². The molecule has 4 N–H and O–H groups in total. The lowest BCUT2D eigenvalue weighted by atomic mass is 9.67. The van der Waals surface area contributed by atoms with Crippen molar-refractivity contribution >= 4 is 5.97 Å². The molecule has 0 aromatic heterocycles. The van der Waals surface area contributed by atoms with E-state index in [0.717, 1.165) is 25.7 Å². The van der Waals surface area contributed by atoms with Crippen LogP contribution >= 0.6 is 0 Å². The Morgan fingerprint density at radius 1 is 1.07 bits per heavy atom. The summed E-state index contributed by atoms with van der Waals surface area (Å²) in [4.78, 5) is 12.4. The average Bonchev–Trinajstić information content (AvgIpc) is 3.14. The van der Waals surface area contributed by atoms with Gasteiger partial charge >= 0.3 is 5.97 Å². The fraction of sp³-hybridized carbons (Fsp3) is 0.952. The van der Waals surface area contributed by atoms with Crippen molar-refractivity contribution in [2.75, 3.05) is 6.61 Å². The van der Waals surface area contributed by atoms with Crippen LogP contribution in [0.3, 0.4) is 0 Å². The van der Waals surface area contributed by atoms with Crippen molar-refractivity contribution in [1.29, 1.82) is 0 Å². The van der Waals surface area contributed by atoms with E-state index in [1.807, 2.05) is 6.92 Å². The van der Waals surface area contributed by atoms with Crippen molar-refractivity contribution < 1.29 is 39.4 Å². The van der Waals surface area contributed by atoms with Gasteiger partial charge in [-0.1, -0.05) is 20.8 Å². The molecule has 0 amide bonds. The molecule has 2 saturated heterocycles. The van der Waals surface area contributed by atoms with Gasteiger partial charge in [-0.05, 0) is 37.5 Å². The summed E-state index contributed by atoms with van der Waals surface area (Å²) in [6.07, 6.45) is -3.44. The molecule has 0 bridgehead atoms. The number of rotatable bonds is 3. The highest BCUT2D eigenvalue weighted by molar-refractivity contribution is 5.75. The molecule has 2 heterocycles. The number of hydrogen-bond acceptors (Lipinski definition) is 8. The van der Waals surface area contributed by atoms with Gasteiger partial charge in [-0.25, -0.2) is 0 Å². The molecular weight excluding hydrogens is 380 g/mol. The second-order valence-electron chi connectivity index (χ2n) is 9.74. The van der Waals surface area contributed by atoms with E-state index < -0.39 is 42.7 Å². The predicted octanol–water partition coefficient (Wildman–Crippen LogP) is 0.195. The molecule has 8 heteroatoms. The number of carbonyl (C=O) groups is 1. The predicted molar refractivity (Wildman–Crippen MR) is 100 cm³/mol. The van der Waals surface area contributed by atoms with Crippen LogP contribution in [0.15, 0.2) is 0 Å². The van der Waals surface area contributed by atoms with Crippen molar-refractivity contribution in [1.82, 2.24) is 0 Å². The van der Waals surface area contributed by atoms with Crippen LogP contribution in [-0.4, -0.2) is 75.9 Å². The van der Waals surface area contributed by atoms with Gasteiger partial charge in [0.1, 0.15) is 30.5 Å². The molecule has 0 radical (unpaired) electrons. The van der Waals surface area contributed by atoms with Gasteiger partial charge in [0, 0.05) is 11.3 Å². The molecule has 4 aliphatic rings. The summed E-state index contributed by atoms with van der Waals surface area (Å²) >= 11 is 0. The molecule has 4 rings (SSSR count). The minimum absolute atomic E-state index is 0.138. The Morgan fingerprint density at radius 3 is 2.48 bits per heavy atom. The van der Waals surface area contributed by atoms with Gasteiger partial charge in [-0.2, -0.15) is 0 Å². The zero-order chi connectivity index (χ0) is 21.1. The zero-order valence-electron chi connectivity index (χ0n) is 17.3. The first-order chi connectivity index (χ1) is 13.7. The third-order valence-corrected chi connectivity index (χ3v) is 8.28. The van der Waals surface area contributed by atoms with Crippen LogP contribution in [0.2, 0.25) is 0 Å². The second kappa shape index (κ2) is 7.73. The number of aliphatic hydroxyl groups is 4. The van der Waals surface area contributed by atoms with E-state index in [1.165, 1.54) is 0 Å². The Bertz CT molecular complexity index is 626. The highest BCUT2D eigenvalue weighted by atomic mass is 16.7. The van der Waals surface area contributed by atoms with E-state index in [9.17, 15) is 25.2 Å². The van der Waals surface area contributed by atoms with Crippen LogP contribution in [0.1, 0.15) is 46.5 Å². The van der Waals surface area contributed by atoms with E-state index in [-0.39, 0.29) is 30.0 Å². The molecule has 2 aliphatic heterocycles. The van der Waals surface area contributed by atoms with E-state index in [0.29, 0.717) is 11.8 Å². The van der Waals surface area contributed by atoms with Gasteiger partial charge in [0.15, 0.2) is 6.29 Å². The topological polar surface area (TPSA) is 126 Å². The monoisotopic (exact) mass is 414 g/mol. The summed E-state index contributed by atoms with van der Waals surface area (Å²) in [5.74, 6) is 0.605. The lowest BCUT2D eigenvalue weighted by Gasteiger charge is -2.46. The molecule has 12 atom stereocenters. The van der Waals surface area contributed by atoms with Crippen molar-refractivity contribution in [2.45, 2.75) is 89.4 Å². The number of fused-ring (bicyclic) bond motifs is 3. The molecule has 4 fully saturated rings. The normalized spacial score (nSPS) is 55.1. The SMILES string of the molecule is CC1C(=O)O[C@H]2[C@@H]1CC[C@@H](C)C1CC[C@H](O[C@@H]3O[C@H](CO)[C@@H](O)[C@H](O)[C@H]3O)[C@@]12C. The van der Waals surface area contributed by atoms with Crippen LogP contribution in [0.25, 0.3) is 0 Å². The molecule has 0 aromatic carbocycles. The van der Waals surface area contributed by atoms with Gasteiger partial charge in [0.05, 0.1) is 18.6 Å². The van der Waals surface area contributed by atoms with Gasteiger partial charge in [0.25, 0.3) is 0 Å². The largest absolute Gasteiger partial charge is 0.461 e. The average molecular weight is 414 g/mol. The summed E-state index contributed by atoms with van der Waals surface area (Å²) in [5.41, 5.74) is -0.431. The third-order valence-electron chi connectivity index (χ3n) is 8.28. The molecule has 2 aliphatic carbocycles. The fourth-order valence-corrected chi connectivity index (χ4v) is 6.44. The number of carbonyl (C=O) groups excluding carboxylic acids is 1. The van der Waals surface area contributed by atoms with Gasteiger partial charge in [-0.15, -0.1) is 0 Å². The molecule has 166 valence electrons. The molecule has 0 spiro atoms. The molecule has 29 heavy (non-hydrogen) atoms. The van der Waals surface area contributed by atoms with Crippen molar-refractivity contribution in [3.8, 4) is 0 Å². The Hall–Kier alpha value is -0.770. The van der Waals surface area contributed by atoms with Gasteiger partial charge < -0.3 is 34.6 Å². The smallest absolute Gasteiger partial charge is 0.309 e. The summed E-state index contributed by atoms with van der Waals surface area (Å²) in [5, 5.41) is 40.0. The number of aliphatic hydroxyl groups excluding tert-OH is 4. The first-order valence-electron chi connectivity index (χ1n) is 10.9. The molecule has 2 saturated carbocycles. The first-order valence-corrected chi connectivity index (χ1v) is 10.9. The highest BCUT2D eigenvalue weighted by Crippen LogP contribution is 2.59. The van der Waals surface area contributed by atoms with Crippen LogP contribution in [0.4, 0.5) is 0 Å². The maximum atomic E-state index is 12.4. The Labute approximate surface area is 171 Å². The first kappa shape index (κ1) is 21.5. The minimum atomic E-state index is -1.47. The number of hydrogen-bond donors (Lipinski definition) is 4. The van der Waals surface area contributed by atoms with E-state index >= 15 is 0 Å². The van der Waals surface area contributed by atoms with Crippen LogP contribution in [-0.2, 0) is 19.0 Å². The third kappa shape index (κ3) is 3.23. The maximum absolute atomic E-state index is 12.4. The molecule has 0 aromatic rings. The molecular formula is C21H34O8. The second-order valence-corrected chi connectivity index (χ2v) is 9.74. The summed E-state index contributed by atoms with van der Waals surface area (Å²) in [7, 11) is 0. The number of ether oxygens (including phenoxy) is 3. The van der Waals surface area contributed by atoms with Crippen LogP contribution < -0.4 is 0 Å². The van der Waals surface area contributed by atoms with Crippen LogP contribution in [0, 0.1) is 29.1 Å². The Balaban J connectivity index is 1.60. The Morgan fingerprint density at radius 2 is 1.79 bits per heavy atom. The van der Waals surface area contributed by atoms with E-state index in [1.54, 1.807) is 0 Å². The quantitative estimate of drug-likeness (QED) is 0.483. The van der Waals surface area contributed by atoms with Crippen molar-refractivity contribution in [2.24, 2.45) is 29.1 Å². The van der Waals surface area contributed by atoms with Crippen LogP contribution in [0.5, 0.6) is 0 Å². The summed E-state index contributed by atoms with van der Waals surface area (Å²) in [6, 6.07) is 0. The summed E-state index contributed by atoms with van der Waals surface area (Å²) < 4.78 is 17.7. The van der Waals surface area contributed by atoms with Crippen molar-refractivity contribution in [3.05, 3.63) is 0 Å². The van der Waals surface area contributed by atoms with Gasteiger partial charge in [-0.3, -0.25) is 4.79 Å². The minimum Gasteiger partial charge on any atom is -0.461 e. The van der Waals surface area contributed by atoms with Crippen molar-refractivity contribution in [3.63, 3.8) is 0 Å². The maximum Gasteiger partial charge on any atom is 0.309 e. The lowest BCUT2D eigenvalue weighted by Crippen LogP contribution is -2.60. The summed E-state index contributed by atoms with van der Waals surface area (Å²) in [6.45, 7) is 5.80. The molecule has 2 unspecified atom stereocenters.